The van der Waals surface area contributed by atoms with Crippen molar-refractivity contribution in [2.24, 2.45) is 5.73 Å². The molecule has 2 N–H and O–H groups in total. The second kappa shape index (κ2) is 5.05. The van der Waals surface area contributed by atoms with Gasteiger partial charge >= 0.3 is 0 Å². The maximum Gasteiger partial charge on any atom is 0.204 e. The topological polar surface area (TPSA) is 55.0 Å². The van der Waals surface area contributed by atoms with E-state index in [-0.39, 0.29) is 0 Å². The van der Waals surface area contributed by atoms with Crippen molar-refractivity contribution in [3.8, 4) is 0 Å². The molecule has 1 heterocycles. The molecule has 2 rings (SSSR count). The Balaban J connectivity index is 2.08. The fourth-order valence-electron chi connectivity index (χ4n) is 1.53. The molecule has 0 aliphatic heterocycles. The van der Waals surface area contributed by atoms with E-state index in [0.717, 1.165) is 17.2 Å². The molecule has 0 atom stereocenters. The average molecular weight is 234 g/mol. The number of rotatable bonds is 4. The van der Waals surface area contributed by atoms with E-state index < -0.39 is 0 Å². The normalized spacial score (nSPS) is 10.4. The van der Waals surface area contributed by atoms with Crippen molar-refractivity contribution in [1.29, 1.82) is 0 Å². The highest BCUT2D eigenvalue weighted by molar-refractivity contribution is 7.09. The summed E-state index contributed by atoms with van der Waals surface area (Å²) in [6, 6.07) is 8.29. The summed E-state index contributed by atoms with van der Waals surface area (Å²) in [6.45, 7) is 1.40. The third-order valence-corrected chi connectivity index (χ3v) is 3.10. The zero-order chi connectivity index (χ0) is 11.4. The highest BCUT2D eigenvalue weighted by atomic mass is 32.1. The molecular weight excluding hydrogens is 220 g/mol. The second-order valence-corrected chi connectivity index (χ2v) is 4.36. The van der Waals surface area contributed by atoms with Gasteiger partial charge in [0, 0.05) is 31.7 Å². The summed E-state index contributed by atoms with van der Waals surface area (Å²) >= 11 is 1.40. The Morgan fingerprint density at radius 3 is 2.88 bits per heavy atom. The lowest BCUT2D eigenvalue weighted by Crippen LogP contribution is -2.16. The van der Waals surface area contributed by atoms with Crippen LogP contribution < -0.4 is 10.6 Å². The van der Waals surface area contributed by atoms with Crippen molar-refractivity contribution in [3.05, 3.63) is 41.7 Å². The summed E-state index contributed by atoms with van der Waals surface area (Å²) in [6.07, 6.45) is 1.58. The first kappa shape index (κ1) is 11.0. The van der Waals surface area contributed by atoms with Gasteiger partial charge in [-0.15, -0.1) is 0 Å². The highest BCUT2D eigenvalue weighted by Gasteiger charge is 2.05. The van der Waals surface area contributed by atoms with Gasteiger partial charge < -0.3 is 10.6 Å². The largest absolute Gasteiger partial charge is 0.346 e. The lowest BCUT2D eigenvalue weighted by atomic mass is 10.1. The van der Waals surface area contributed by atoms with Crippen LogP contribution in [0.15, 0.2) is 30.6 Å². The van der Waals surface area contributed by atoms with E-state index >= 15 is 0 Å². The molecule has 0 saturated heterocycles. The SMILES string of the molecule is CN(Cc1cccc(CN)c1)c1ncns1. The number of nitrogens with zero attached hydrogens (tertiary/aromatic N) is 3. The predicted molar refractivity (Wildman–Crippen MR) is 66.3 cm³/mol. The van der Waals surface area contributed by atoms with E-state index in [2.05, 4.69) is 26.4 Å². The highest BCUT2D eigenvalue weighted by Crippen LogP contribution is 2.16. The van der Waals surface area contributed by atoms with Gasteiger partial charge in [-0.25, -0.2) is 4.98 Å². The molecule has 4 nitrogen and oxygen atoms in total. The van der Waals surface area contributed by atoms with E-state index in [4.69, 9.17) is 5.73 Å². The van der Waals surface area contributed by atoms with Crippen molar-refractivity contribution >= 4 is 16.7 Å². The van der Waals surface area contributed by atoms with Crippen LogP contribution in [0, 0.1) is 0 Å². The first-order valence-electron chi connectivity index (χ1n) is 5.05. The molecule has 0 bridgehead atoms. The minimum atomic E-state index is 0.580. The molecule has 1 aromatic heterocycles. The van der Waals surface area contributed by atoms with Crippen LogP contribution in [0.1, 0.15) is 11.1 Å². The fourth-order valence-corrected chi connectivity index (χ4v) is 2.02. The third kappa shape index (κ3) is 2.56. The van der Waals surface area contributed by atoms with Gasteiger partial charge in [-0.2, -0.15) is 4.37 Å². The number of hydrogen-bond donors (Lipinski definition) is 1. The molecule has 0 saturated carbocycles. The van der Waals surface area contributed by atoms with Crippen molar-refractivity contribution in [3.63, 3.8) is 0 Å². The standard InChI is InChI=1S/C11H14N4S/c1-15(11-13-8-14-16-11)7-10-4-2-3-9(5-10)6-12/h2-5,8H,6-7,12H2,1H3. The van der Waals surface area contributed by atoms with Crippen LogP contribution in [0.3, 0.4) is 0 Å². The van der Waals surface area contributed by atoms with Crippen LogP contribution in [0.2, 0.25) is 0 Å². The van der Waals surface area contributed by atoms with Crippen LogP contribution >= 0.6 is 11.5 Å². The van der Waals surface area contributed by atoms with Gasteiger partial charge in [-0.05, 0) is 11.1 Å². The third-order valence-electron chi connectivity index (χ3n) is 2.32. The predicted octanol–water partition coefficient (Wildman–Crippen LogP) is 1.63. The van der Waals surface area contributed by atoms with E-state index in [0.29, 0.717) is 6.54 Å². The Kier molecular flexibility index (Phi) is 3.48. The van der Waals surface area contributed by atoms with Crippen LogP contribution in [-0.2, 0) is 13.1 Å². The van der Waals surface area contributed by atoms with Gasteiger partial charge in [0.25, 0.3) is 0 Å². The van der Waals surface area contributed by atoms with Crippen LogP contribution in [0.25, 0.3) is 0 Å². The smallest absolute Gasteiger partial charge is 0.204 e. The quantitative estimate of drug-likeness (QED) is 0.873. The molecule has 5 heteroatoms. The number of anilines is 1. The Morgan fingerprint density at radius 1 is 1.38 bits per heavy atom. The Bertz CT molecular complexity index is 441. The summed E-state index contributed by atoms with van der Waals surface area (Å²) in [5.41, 5.74) is 8.00. The fraction of sp³-hybridized carbons (Fsp3) is 0.273. The van der Waals surface area contributed by atoms with E-state index in [1.807, 2.05) is 19.2 Å². The van der Waals surface area contributed by atoms with Gasteiger partial charge in [-0.1, -0.05) is 24.3 Å². The van der Waals surface area contributed by atoms with Gasteiger partial charge in [0.15, 0.2) is 0 Å². The summed E-state index contributed by atoms with van der Waals surface area (Å²) in [5.74, 6) is 0. The lowest BCUT2D eigenvalue weighted by Gasteiger charge is -2.15. The van der Waals surface area contributed by atoms with Gasteiger partial charge in [0.05, 0.1) is 0 Å². The van der Waals surface area contributed by atoms with Gasteiger partial charge in [0.2, 0.25) is 5.13 Å². The molecule has 0 amide bonds. The number of hydrogen-bond acceptors (Lipinski definition) is 5. The summed E-state index contributed by atoms with van der Waals surface area (Å²) < 4.78 is 3.99. The second-order valence-electron chi connectivity index (χ2n) is 3.60. The van der Waals surface area contributed by atoms with Gasteiger partial charge in [-0.3, -0.25) is 0 Å². The van der Waals surface area contributed by atoms with Crippen molar-refractivity contribution < 1.29 is 0 Å². The molecule has 0 radical (unpaired) electrons. The lowest BCUT2D eigenvalue weighted by molar-refractivity contribution is 0.909. The van der Waals surface area contributed by atoms with Crippen molar-refractivity contribution in [1.82, 2.24) is 9.36 Å². The molecule has 0 aliphatic rings. The monoisotopic (exact) mass is 234 g/mol. The minimum absolute atomic E-state index is 0.580. The average Bonchev–Trinajstić information content (AvgIpc) is 2.83. The van der Waals surface area contributed by atoms with Crippen molar-refractivity contribution in [2.75, 3.05) is 11.9 Å². The molecule has 0 unspecified atom stereocenters. The maximum atomic E-state index is 5.61. The number of benzene rings is 1. The van der Waals surface area contributed by atoms with Crippen LogP contribution in [0.5, 0.6) is 0 Å². The summed E-state index contributed by atoms with van der Waals surface area (Å²) in [5, 5.41) is 0.929. The Hall–Kier alpha value is -1.46. The van der Waals surface area contributed by atoms with Crippen molar-refractivity contribution in [2.45, 2.75) is 13.1 Å². The van der Waals surface area contributed by atoms with E-state index in [1.165, 1.54) is 17.1 Å². The van der Waals surface area contributed by atoms with Crippen LogP contribution in [0.4, 0.5) is 5.13 Å². The van der Waals surface area contributed by atoms with E-state index in [9.17, 15) is 0 Å². The number of nitrogens with two attached hydrogens (primary N) is 1. The molecular formula is C11H14N4S. The first-order chi connectivity index (χ1) is 7.79. The summed E-state index contributed by atoms with van der Waals surface area (Å²) in [4.78, 5) is 6.24. The zero-order valence-corrected chi connectivity index (χ0v) is 9.94. The first-order valence-corrected chi connectivity index (χ1v) is 5.82. The van der Waals surface area contributed by atoms with E-state index in [1.54, 1.807) is 6.33 Å². The molecule has 0 spiro atoms. The van der Waals surface area contributed by atoms with Crippen LogP contribution in [-0.4, -0.2) is 16.4 Å². The molecule has 84 valence electrons. The molecule has 1 aromatic carbocycles. The molecule has 16 heavy (non-hydrogen) atoms. The Morgan fingerprint density at radius 2 is 2.19 bits per heavy atom. The molecule has 2 aromatic rings. The maximum absolute atomic E-state index is 5.61. The summed E-state index contributed by atoms with van der Waals surface area (Å²) in [7, 11) is 2.01. The molecule has 0 aliphatic carbocycles. The van der Waals surface area contributed by atoms with Gasteiger partial charge in [0.1, 0.15) is 6.33 Å². The zero-order valence-electron chi connectivity index (χ0n) is 9.13. The Labute approximate surface area is 98.9 Å². The molecule has 0 fully saturated rings. The number of aromatic nitrogens is 2. The minimum Gasteiger partial charge on any atom is -0.346 e.